The molecule has 8 heteroatoms. The maximum absolute atomic E-state index is 12.9. The maximum Gasteiger partial charge on any atom is 0.422 e. The van der Waals surface area contributed by atoms with E-state index in [1.165, 1.54) is 6.92 Å². The normalized spacial score (nSPS) is 11.0. The summed E-state index contributed by atoms with van der Waals surface area (Å²) in [6.07, 6.45) is -4.93. The Morgan fingerprint density at radius 3 is 2.37 bits per heavy atom. The quantitative estimate of drug-likeness (QED) is 0.361. The first-order valence-corrected chi connectivity index (χ1v) is 5.01. The topological polar surface area (TPSA) is 52.6 Å². The number of ether oxygens (including phenoxy) is 2. The lowest BCUT2D eigenvalue weighted by Crippen LogP contribution is -2.23. The molecular weight excluding hydrogens is 272 g/mol. The van der Waals surface area contributed by atoms with Gasteiger partial charge in [0.25, 0.3) is 0 Å². The van der Waals surface area contributed by atoms with Gasteiger partial charge in [0.1, 0.15) is 11.6 Å². The predicted octanol–water partition coefficient (Wildman–Crippen LogP) is 2.31. The zero-order valence-corrected chi connectivity index (χ0v) is 9.58. The third-order valence-corrected chi connectivity index (χ3v) is 1.90. The lowest BCUT2D eigenvalue weighted by atomic mass is 10.2. The number of hydrogen-bond donors (Lipinski definition) is 0. The van der Waals surface area contributed by atoms with Crippen molar-refractivity contribution >= 4 is 11.9 Å². The first-order chi connectivity index (χ1) is 8.75. The second-order valence-corrected chi connectivity index (χ2v) is 3.25. The molecule has 1 aromatic rings. The molecule has 0 aliphatic carbocycles. The van der Waals surface area contributed by atoms with Crippen LogP contribution >= 0.6 is 0 Å². The minimum atomic E-state index is -4.93. The van der Waals surface area contributed by atoms with Crippen LogP contribution in [0.15, 0.2) is 18.2 Å². The number of carbonyl (C=O) groups is 2. The van der Waals surface area contributed by atoms with Gasteiger partial charge in [-0.05, 0) is 25.1 Å². The highest BCUT2D eigenvalue weighted by atomic mass is 19.4. The van der Waals surface area contributed by atoms with Crippen LogP contribution in [0.2, 0.25) is 0 Å². The summed E-state index contributed by atoms with van der Waals surface area (Å²) in [5.41, 5.74) is -1.60. The molecule has 19 heavy (non-hydrogen) atoms. The van der Waals surface area contributed by atoms with E-state index in [0.717, 1.165) is 6.07 Å². The molecule has 0 N–H and O–H groups in total. The number of alkyl halides is 3. The van der Waals surface area contributed by atoms with E-state index in [1.807, 2.05) is 0 Å². The molecule has 0 atom stereocenters. The van der Waals surface area contributed by atoms with Crippen LogP contribution in [-0.2, 0) is 20.5 Å². The molecule has 4 nitrogen and oxygen atoms in total. The average Bonchev–Trinajstić information content (AvgIpc) is 2.30. The second kappa shape index (κ2) is 5.68. The molecule has 0 spiro atoms. The zero-order valence-electron chi connectivity index (χ0n) is 9.58. The second-order valence-electron chi connectivity index (χ2n) is 3.25. The first kappa shape index (κ1) is 14.9. The molecule has 0 aromatic heterocycles. The van der Waals surface area contributed by atoms with E-state index in [0.29, 0.717) is 6.07 Å². The highest BCUT2D eigenvalue weighted by Crippen LogP contribution is 2.33. The first-order valence-electron chi connectivity index (χ1n) is 5.01. The molecule has 0 bridgehead atoms. The standard InChI is InChI=1S/C11H8F4O4/c1-2-18-9(16)10(17)19-6-3-4-8(12)7(5-6)11(13,14)15/h3-5H,2H2,1H3. The van der Waals surface area contributed by atoms with E-state index in [-0.39, 0.29) is 12.7 Å². The van der Waals surface area contributed by atoms with Crippen molar-refractivity contribution in [2.75, 3.05) is 6.61 Å². The van der Waals surface area contributed by atoms with Crippen LogP contribution < -0.4 is 4.74 Å². The van der Waals surface area contributed by atoms with E-state index in [9.17, 15) is 27.2 Å². The van der Waals surface area contributed by atoms with Gasteiger partial charge in [0.05, 0.1) is 12.2 Å². The van der Waals surface area contributed by atoms with Crippen LogP contribution in [0.4, 0.5) is 17.6 Å². The molecule has 0 aliphatic heterocycles. The van der Waals surface area contributed by atoms with Crippen molar-refractivity contribution in [2.45, 2.75) is 13.1 Å². The minimum absolute atomic E-state index is 0.0921. The van der Waals surface area contributed by atoms with E-state index < -0.39 is 35.2 Å². The Kier molecular flexibility index (Phi) is 4.47. The van der Waals surface area contributed by atoms with Crippen LogP contribution in [0, 0.1) is 5.82 Å². The molecule has 0 saturated heterocycles. The fourth-order valence-electron chi connectivity index (χ4n) is 1.12. The summed E-state index contributed by atoms with van der Waals surface area (Å²) < 4.78 is 58.7. The van der Waals surface area contributed by atoms with Gasteiger partial charge in [-0.1, -0.05) is 0 Å². The van der Waals surface area contributed by atoms with Crippen molar-refractivity contribution in [1.29, 1.82) is 0 Å². The number of esters is 2. The highest BCUT2D eigenvalue weighted by molar-refractivity contribution is 6.30. The summed E-state index contributed by atoms with van der Waals surface area (Å²) in [5.74, 6) is -4.95. The van der Waals surface area contributed by atoms with Crippen LogP contribution in [0.3, 0.4) is 0 Å². The zero-order chi connectivity index (χ0) is 14.6. The molecule has 0 saturated carbocycles. The summed E-state index contributed by atoms with van der Waals surface area (Å²) in [7, 11) is 0. The molecule has 0 radical (unpaired) electrons. The number of hydrogen-bond acceptors (Lipinski definition) is 4. The Hall–Kier alpha value is -2.12. The van der Waals surface area contributed by atoms with Crippen molar-refractivity contribution in [3.63, 3.8) is 0 Å². The van der Waals surface area contributed by atoms with Gasteiger partial charge < -0.3 is 9.47 Å². The van der Waals surface area contributed by atoms with E-state index >= 15 is 0 Å². The van der Waals surface area contributed by atoms with Gasteiger partial charge in [-0.2, -0.15) is 13.2 Å². The summed E-state index contributed by atoms with van der Waals surface area (Å²) in [6, 6.07) is 1.56. The Bertz CT molecular complexity index is 496. The highest BCUT2D eigenvalue weighted by Gasteiger charge is 2.34. The lowest BCUT2D eigenvalue weighted by Gasteiger charge is -2.09. The summed E-state index contributed by atoms with van der Waals surface area (Å²) in [6.45, 7) is 1.34. The van der Waals surface area contributed by atoms with Crippen molar-refractivity contribution < 1.29 is 36.6 Å². The number of benzene rings is 1. The van der Waals surface area contributed by atoms with Crippen LogP contribution in [-0.4, -0.2) is 18.5 Å². The van der Waals surface area contributed by atoms with Crippen LogP contribution in [0.25, 0.3) is 0 Å². The van der Waals surface area contributed by atoms with Crippen LogP contribution in [0.5, 0.6) is 5.75 Å². The van der Waals surface area contributed by atoms with Gasteiger partial charge in [-0.25, -0.2) is 14.0 Å². The van der Waals surface area contributed by atoms with E-state index in [1.54, 1.807) is 0 Å². The lowest BCUT2D eigenvalue weighted by molar-refractivity contribution is -0.161. The predicted molar refractivity (Wildman–Crippen MR) is 53.7 cm³/mol. The molecular formula is C11H8F4O4. The number of halogens is 4. The molecule has 1 aromatic carbocycles. The van der Waals surface area contributed by atoms with Gasteiger partial charge in [0.2, 0.25) is 0 Å². The minimum Gasteiger partial charge on any atom is -0.458 e. The largest absolute Gasteiger partial charge is 0.458 e. The molecule has 104 valence electrons. The molecule has 1 rings (SSSR count). The Morgan fingerprint density at radius 1 is 1.21 bits per heavy atom. The van der Waals surface area contributed by atoms with Crippen molar-refractivity contribution in [3.8, 4) is 5.75 Å². The van der Waals surface area contributed by atoms with Gasteiger partial charge in [-0.3, -0.25) is 0 Å². The molecule has 0 amide bonds. The van der Waals surface area contributed by atoms with Crippen molar-refractivity contribution in [2.24, 2.45) is 0 Å². The SMILES string of the molecule is CCOC(=O)C(=O)Oc1ccc(F)c(C(F)(F)F)c1. The molecule has 0 aliphatic rings. The van der Waals surface area contributed by atoms with Gasteiger partial charge >= 0.3 is 18.1 Å². The monoisotopic (exact) mass is 280 g/mol. The Morgan fingerprint density at radius 2 is 1.84 bits per heavy atom. The smallest absolute Gasteiger partial charge is 0.422 e. The average molecular weight is 280 g/mol. The third kappa shape index (κ3) is 3.94. The number of rotatable bonds is 2. The van der Waals surface area contributed by atoms with Crippen molar-refractivity contribution in [1.82, 2.24) is 0 Å². The number of carbonyl (C=O) groups excluding carboxylic acids is 2. The van der Waals surface area contributed by atoms with E-state index in [2.05, 4.69) is 9.47 Å². The maximum atomic E-state index is 12.9. The van der Waals surface area contributed by atoms with Crippen LogP contribution in [0.1, 0.15) is 12.5 Å². The summed E-state index contributed by atoms with van der Waals surface area (Å²) in [4.78, 5) is 22.0. The van der Waals surface area contributed by atoms with Gasteiger partial charge in [0, 0.05) is 0 Å². The molecule has 0 unspecified atom stereocenters. The summed E-state index contributed by atoms with van der Waals surface area (Å²) in [5, 5.41) is 0. The summed E-state index contributed by atoms with van der Waals surface area (Å²) >= 11 is 0. The Labute approximate surface area is 104 Å². The van der Waals surface area contributed by atoms with Crippen molar-refractivity contribution in [3.05, 3.63) is 29.6 Å². The van der Waals surface area contributed by atoms with E-state index in [4.69, 9.17) is 0 Å². The molecule has 0 fully saturated rings. The van der Waals surface area contributed by atoms with Gasteiger partial charge in [0.15, 0.2) is 0 Å². The fourth-order valence-corrected chi connectivity index (χ4v) is 1.12. The van der Waals surface area contributed by atoms with Gasteiger partial charge in [-0.15, -0.1) is 0 Å². The Balaban J connectivity index is 2.92. The fraction of sp³-hybridized carbons (Fsp3) is 0.273. The molecule has 0 heterocycles. The third-order valence-electron chi connectivity index (χ3n) is 1.90.